The minimum absolute atomic E-state index is 0.186. The normalized spacial score (nSPS) is 16.5. The maximum atomic E-state index is 13.0. The van der Waals surface area contributed by atoms with Gasteiger partial charge < -0.3 is 14.5 Å². The molecule has 4 nitrogen and oxygen atoms in total. The second-order valence-corrected chi connectivity index (χ2v) is 9.46. The highest BCUT2D eigenvalue weighted by molar-refractivity contribution is 7.99. The number of methoxy groups -OCH3 is 1. The number of thioether (sulfide) groups is 1. The van der Waals surface area contributed by atoms with Gasteiger partial charge in [0.15, 0.2) is 0 Å². The topological polar surface area (TPSA) is 32.8 Å². The molecule has 1 aliphatic rings. The molecule has 1 saturated heterocycles. The number of rotatable bonds is 9. The molecule has 0 spiro atoms. The SMILES string of the molecule is COc1ccc(SCC(Cc2ccccc2)N2CCN(CC(C)C)CCC2=O)cc1. The van der Waals surface area contributed by atoms with E-state index in [0.717, 1.165) is 44.1 Å². The third-order valence-corrected chi connectivity index (χ3v) is 6.66. The number of benzene rings is 2. The van der Waals surface area contributed by atoms with Gasteiger partial charge in [0, 0.05) is 49.3 Å². The van der Waals surface area contributed by atoms with Gasteiger partial charge in [-0.25, -0.2) is 0 Å². The largest absolute Gasteiger partial charge is 0.497 e. The number of carbonyl (C=O) groups excluding carboxylic acids is 1. The van der Waals surface area contributed by atoms with E-state index in [1.54, 1.807) is 7.11 Å². The first-order valence-corrected chi connectivity index (χ1v) is 11.9. The summed E-state index contributed by atoms with van der Waals surface area (Å²) in [5.74, 6) is 2.67. The Morgan fingerprint density at radius 2 is 1.73 bits per heavy atom. The van der Waals surface area contributed by atoms with Crippen molar-refractivity contribution < 1.29 is 9.53 Å². The summed E-state index contributed by atoms with van der Waals surface area (Å²) in [6.45, 7) is 8.19. The molecule has 0 aromatic heterocycles. The molecule has 30 heavy (non-hydrogen) atoms. The van der Waals surface area contributed by atoms with Gasteiger partial charge in [-0.3, -0.25) is 4.79 Å². The average molecular weight is 427 g/mol. The lowest BCUT2D eigenvalue weighted by molar-refractivity contribution is -0.132. The van der Waals surface area contributed by atoms with E-state index in [1.807, 2.05) is 30.0 Å². The zero-order chi connectivity index (χ0) is 21.3. The molecule has 1 amide bonds. The van der Waals surface area contributed by atoms with Crippen LogP contribution in [0.25, 0.3) is 0 Å². The van der Waals surface area contributed by atoms with Crippen molar-refractivity contribution in [3.05, 3.63) is 60.2 Å². The fourth-order valence-electron chi connectivity index (χ4n) is 3.98. The lowest BCUT2D eigenvalue weighted by Gasteiger charge is -2.31. The van der Waals surface area contributed by atoms with Gasteiger partial charge in [-0.05, 0) is 42.2 Å². The zero-order valence-corrected chi connectivity index (χ0v) is 19.2. The van der Waals surface area contributed by atoms with Crippen LogP contribution in [0, 0.1) is 5.92 Å². The molecule has 162 valence electrons. The molecule has 2 aromatic rings. The second-order valence-electron chi connectivity index (χ2n) is 8.36. The van der Waals surface area contributed by atoms with Gasteiger partial charge in [-0.1, -0.05) is 44.2 Å². The maximum absolute atomic E-state index is 13.0. The number of amides is 1. The third-order valence-electron chi connectivity index (χ3n) is 5.50. The smallest absolute Gasteiger partial charge is 0.224 e. The Morgan fingerprint density at radius 1 is 1.00 bits per heavy atom. The van der Waals surface area contributed by atoms with Crippen molar-refractivity contribution in [3.8, 4) is 5.75 Å². The molecule has 0 aliphatic carbocycles. The summed E-state index contributed by atoms with van der Waals surface area (Å²) in [7, 11) is 1.69. The fraction of sp³-hybridized carbons (Fsp3) is 0.480. The van der Waals surface area contributed by atoms with E-state index >= 15 is 0 Å². The summed E-state index contributed by atoms with van der Waals surface area (Å²) in [4.78, 5) is 18.8. The van der Waals surface area contributed by atoms with Crippen molar-refractivity contribution in [1.82, 2.24) is 9.80 Å². The predicted molar refractivity (Wildman–Crippen MR) is 125 cm³/mol. The van der Waals surface area contributed by atoms with Crippen LogP contribution in [0.15, 0.2) is 59.5 Å². The van der Waals surface area contributed by atoms with Crippen LogP contribution in [-0.4, -0.2) is 60.8 Å². The van der Waals surface area contributed by atoms with E-state index in [1.165, 1.54) is 10.5 Å². The standard InChI is InChI=1S/C25H34N2O2S/c1-20(2)18-26-14-13-25(28)27(16-15-26)22(17-21-7-5-4-6-8-21)19-30-24-11-9-23(29-3)10-12-24/h4-12,20,22H,13-19H2,1-3H3. The first kappa shape index (κ1) is 22.7. The van der Waals surface area contributed by atoms with E-state index in [0.29, 0.717) is 12.3 Å². The first-order valence-electron chi connectivity index (χ1n) is 10.9. The maximum Gasteiger partial charge on any atom is 0.224 e. The van der Waals surface area contributed by atoms with Gasteiger partial charge in [0.05, 0.1) is 7.11 Å². The molecular weight excluding hydrogens is 392 g/mol. The van der Waals surface area contributed by atoms with Crippen molar-refractivity contribution in [3.63, 3.8) is 0 Å². The van der Waals surface area contributed by atoms with Gasteiger partial charge in [-0.2, -0.15) is 0 Å². The highest BCUT2D eigenvalue weighted by Gasteiger charge is 2.27. The first-order chi connectivity index (χ1) is 14.5. The molecule has 1 heterocycles. The van der Waals surface area contributed by atoms with Crippen LogP contribution in [0.2, 0.25) is 0 Å². The summed E-state index contributed by atoms with van der Waals surface area (Å²) in [5, 5.41) is 0. The molecule has 3 rings (SSSR count). The summed E-state index contributed by atoms with van der Waals surface area (Å²) < 4.78 is 5.27. The molecule has 2 aromatic carbocycles. The Balaban J connectivity index is 1.71. The lowest BCUT2D eigenvalue weighted by atomic mass is 10.1. The molecule has 1 aliphatic heterocycles. The Kier molecular flexibility index (Phi) is 8.64. The Labute approximate surface area is 185 Å². The number of carbonyl (C=O) groups is 1. The molecule has 0 N–H and O–H groups in total. The summed E-state index contributed by atoms with van der Waals surface area (Å²) >= 11 is 1.82. The van der Waals surface area contributed by atoms with Crippen LogP contribution in [0.1, 0.15) is 25.8 Å². The van der Waals surface area contributed by atoms with Gasteiger partial charge in [0.2, 0.25) is 5.91 Å². The van der Waals surface area contributed by atoms with Crippen molar-refractivity contribution in [1.29, 1.82) is 0 Å². The quantitative estimate of drug-likeness (QED) is 0.549. The van der Waals surface area contributed by atoms with Gasteiger partial charge in [-0.15, -0.1) is 11.8 Å². The van der Waals surface area contributed by atoms with E-state index in [-0.39, 0.29) is 11.9 Å². The van der Waals surface area contributed by atoms with E-state index in [9.17, 15) is 4.79 Å². The summed E-state index contributed by atoms with van der Waals surface area (Å²) in [5.41, 5.74) is 1.29. The summed E-state index contributed by atoms with van der Waals surface area (Å²) in [6.07, 6.45) is 1.51. The van der Waals surface area contributed by atoms with Crippen molar-refractivity contribution in [2.45, 2.75) is 37.6 Å². The summed E-state index contributed by atoms with van der Waals surface area (Å²) in [6, 6.07) is 18.9. The van der Waals surface area contributed by atoms with Gasteiger partial charge in [0.1, 0.15) is 5.75 Å². The molecule has 1 atom stereocenters. The highest BCUT2D eigenvalue weighted by atomic mass is 32.2. The monoisotopic (exact) mass is 426 g/mol. The molecule has 1 fully saturated rings. The van der Waals surface area contributed by atoms with Crippen molar-refractivity contribution in [2.75, 3.05) is 39.0 Å². The second kappa shape index (κ2) is 11.4. The molecule has 1 unspecified atom stereocenters. The van der Waals surface area contributed by atoms with Crippen LogP contribution in [0.4, 0.5) is 0 Å². The van der Waals surface area contributed by atoms with Crippen LogP contribution >= 0.6 is 11.8 Å². The van der Waals surface area contributed by atoms with E-state index < -0.39 is 0 Å². The Morgan fingerprint density at radius 3 is 2.40 bits per heavy atom. The molecule has 0 radical (unpaired) electrons. The predicted octanol–water partition coefficient (Wildman–Crippen LogP) is 4.59. The van der Waals surface area contributed by atoms with Gasteiger partial charge >= 0.3 is 0 Å². The van der Waals surface area contributed by atoms with Crippen LogP contribution in [0.3, 0.4) is 0 Å². The van der Waals surface area contributed by atoms with E-state index in [2.05, 4.69) is 60.0 Å². The number of hydrogen-bond donors (Lipinski definition) is 0. The third kappa shape index (κ3) is 6.78. The van der Waals surface area contributed by atoms with Crippen LogP contribution in [0.5, 0.6) is 5.75 Å². The Bertz CT molecular complexity index is 779. The minimum atomic E-state index is 0.186. The lowest BCUT2D eigenvalue weighted by Crippen LogP contribution is -2.44. The molecular formula is C25H34N2O2S. The molecule has 5 heteroatoms. The molecule has 0 bridgehead atoms. The zero-order valence-electron chi connectivity index (χ0n) is 18.4. The fourth-order valence-corrected chi connectivity index (χ4v) is 4.99. The number of ether oxygens (including phenoxy) is 1. The van der Waals surface area contributed by atoms with Gasteiger partial charge in [0.25, 0.3) is 0 Å². The van der Waals surface area contributed by atoms with Crippen molar-refractivity contribution >= 4 is 17.7 Å². The van der Waals surface area contributed by atoms with Crippen LogP contribution in [-0.2, 0) is 11.2 Å². The highest BCUT2D eigenvalue weighted by Crippen LogP contribution is 2.25. The number of nitrogens with zero attached hydrogens (tertiary/aromatic N) is 2. The average Bonchev–Trinajstić information content (AvgIpc) is 2.93. The van der Waals surface area contributed by atoms with Crippen LogP contribution < -0.4 is 4.74 Å². The van der Waals surface area contributed by atoms with E-state index in [4.69, 9.17) is 4.74 Å². The molecule has 0 saturated carbocycles. The van der Waals surface area contributed by atoms with Crippen molar-refractivity contribution in [2.24, 2.45) is 5.92 Å². The number of hydrogen-bond acceptors (Lipinski definition) is 4. The minimum Gasteiger partial charge on any atom is -0.497 e. The Hall–Kier alpha value is -1.98.